The number of fused-ring (bicyclic) bond motifs is 2. The van der Waals surface area contributed by atoms with E-state index in [1.165, 1.54) is 13.2 Å². The largest absolute Gasteiger partial charge is 0.490 e. The molecule has 10 nitrogen and oxygen atoms in total. The Kier molecular flexibility index (Phi) is 7.69. The summed E-state index contributed by atoms with van der Waals surface area (Å²) in [5.74, 6) is -0.312. The number of carbonyl (C=O) groups excluding carboxylic acids is 2. The van der Waals surface area contributed by atoms with Gasteiger partial charge in [-0.3, -0.25) is 19.7 Å². The number of nitro groups is 1. The quantitative estimate of drug-likeness (QED) is 0.247. The first-order chi connectivity index (χ1) is 17.8. The molecule has 0 radical (unpaired) electrons. The molecule has 1 unspecified atom stereocenters. The molecule has 3 aromatic rings. The number of methoxy groups -OCH3 is 1. The van der Waals surface area contributed by atoms with E-state index in [4.69, 9.17) is 9.84 Å². The monoisotopic (exact) mass is 504 g/mol. The molecule has 0 aliphatic carbocycles. The number of aliphatic hydroxyl groups excluding tert-OH is 1. The van der Waals surface area contributed by atoms with E-state index in [9.17, 15) is 19.7 Å². The standard InChI is InChI=1S/C27H28N4O6/c1-3-16(15-26(33)28-10-11-32)17-5-8-21-23(13-17)30-27(34)20-7-4-18(12-22(20)29-21)19-6-9-24(31(35)36)25(14-19)37-2/h4-9,12-14,16,29,32H,3,10-11,15H2,1-2H3,(H,28,33)(H,30,34). The van der Waals surface area contributed by atoms with Gasteiger partial charge in [0.2, 0.25) is 5.91 Å². The Morgan fingerprint density at radius 2 is 1.81 bits per heavy atom. The number of nitrogens with one attached hydrogen (secondary N) is 3. The molecule has 192 valence electrons. The lowest BCUT2D eigenvalue weighted by Gasteiger charge is -2.18. The maximum Gasteiger partial charge on any atom is 0.310 e. The smallest absolute Gasteiger partial charge is 0.310 e. The maximum absolute atomic E-state index is 13.0. The Bertz CT molecular complexity index is 1360. The summed E-state index contributed by atoms with van der Waals surface area (Å²) in [5.41, 5.74) is 4.61. The molecule has 4 N–H and O–H groups in total. The molecule has 4 rings (SSSR count). The van der Waals surface area contributed by atoms with Crippen LogP contribution in [0.2, 0.25) is 0 Å². The average molecular weight is 505 g/mol. The number of aliphatic hydroxyl groups is 1. The summed E-state index contributed by atoms with van der Waals surface area (Å²) < 4.78 is 5.19. The van der Waals surface area contributed by atoms with Gasteiger partial charge in [-0.1, -0.05) is 19.1 Å². The van der Waals surface area contributed by atoms with Crippen molar-refractivity contribution in [3.8, 4) is 16.9 Å². The van der Waals surface area contributed by atoms with Gasteiger partial charge in [0.25, 0.3) is 5.91 Å². The van der Waals surface area contributed by atoms with Gasteiger partial charge in [0, 0.05) is 19.0 Å². The van der Waals surface area contributed by atoms with Gasteiger partial charge in [-0.05, 0) is 65.4 Å². The van der Waals surface area contributed by atoms with E-state index in [1.807, 2.05) is 31.2 Å². The summed E-state index contributed by atoms with van der Waals surface area (Å²) in [6.45, 7) is 2.10. The molecule has 1 aliphatic heterocycles. The zero-order valence-corrected chi connectivity index (χ0v) is 20.5. The number of nitrogens with zero attached hydrogens (tertiary/aromatic N) is 1. The summed E-state index contributed by atoms with van der Waals surface area (Å²) in [6.07, 6.45) is 1.01. The molecule has 0 fully saturated rings. The lowest BCUT2D eigenvalue weighted by atomic mass is 9.92. The molecule has 1 heterocycles. The van der Waals surface area contributed by atoms with Crippen molar-refractivity contribution in [3.63, 3.8) is 0 Å². The highest BCUT2D eigenvalue weighted by molar-refractivity contribution is 6.12. The van der Waals surface area contributed by atoms with Crippen LogP contribution in [0.5, 0.6) is 5.75 Å². The third-order valence-corrected chi connectivity index (χ3v) is 6.37. The molecule has 3 aromatic carbocycles. The van der Waals surface area contributed by atoms with Gasteiger partial charge >= 0.3 is 5.69 Å². The van der Waals surface area contributed by atoms with Crippen LogP contribution in [0.1, 0.15) is 41.6 Å². The van der Waals surface area contributed by atoms with Crippen LogP contribution >= 0.6 is 0 Å². The number of amides is 2. The van der Waals surface area contributed by atoms with Gasteiger partial charge in [0.05, 0.1) is 41.3 Å². The number of hydrogen-bond acceptors (Lipinski definition) is 7. The molecular formula is C27H28N4O6. The third kappa shape index (κ3) is 5.54. The van der Waals surface area contributed by atoms with Gasteiger partial charge in [0.1, 0.15) is 0 Å². The normalized spacial score (nSPS) is 12.8. The molecule has 0 saturated heterocycles. The maximum atomic E-state index is 13.0. The van der Waals surface area contributed by atoms with Crippen LogP contribution in [-0.2, 0) is 4.79 Å². The van der Waals surface area contributed by atoms with Crippen LogP contribution in [0.4, 0.5) is 22.7 Å². The fraction of sp³-hybridized carbons (Fsp3) is 0.259. The number of hydrogen-bond donors (Lipinski definition) is 4. The first-order valence-electron chi connectivity index (χ1n) is 11.9. The summed E-state index contributed by atoms with van der Waals surface area (Å²) >= 11 is 0. The van der Waals surface area contributed by atoms with Crippen LogP contribution in [0.3, 0.4) is 0 Å². The lowest BCUT2D eigenvalue weighted by molar-refractivity contribution is -0.385. The van der Waals surface area contributed by atoms with Crippen molar-refractivity contribution in [1.29, 1.82) is 0 Å². The molecule has 1 atom stereocenters. The zero-order valence-electron chi connectivity index (χ0n) is 20.5. The Morgan fingerprint density at radius 1 is 1.05 bits per heavy atom. The fourth-order valence-corrected chi connectivity index (χ4v) is 4.39. The third-order valence-electron chi connectivity index (χ3n) is 6.37. The fourth-order valence-electron chi connectivity index (χ4n) is 4.39. The molecule has 10 heteroatoms. The topological polar surface area (TPSA) is 143 Å². The van der Waals surface area contributed by atoms with E-state index in [2.05, 4.69) is 16.0 Å². The van der Waals surface area contributed by atoms with Crippen LogP contribution in [-0.4, -0.2) is 42.1 Å². The number of carbonyl (C=O) groups is 2. The minimum absolute atomic E-state index is 0.0461. The Morgan fingerprint density at radius 3 is 2.51 bits per heavy atom. The van der Waals surface area contributed by atoms with E-state index < -0.39 is 4.92 Å². The zero-order chi connectivity index (χ0) is 26.5. The van der Waals surface area contributed by atoms with Crippen LogP contribution < -0.4 is 20.7 Å². The number of rotatable bonds is 9. The molecule has 0 bridgehead atoms. The molecule has 0 spiro atoms. The number of nitro benzene ring substituents is 1. The van der Waals surface area contributed by atoms with E-state index in [-0.39, 0.29) is 48.7 Å². The van der Waals surface area contributed by atoms with Crippen LogP contribution in [0, 0.1) is 10.1 Å². The summed E-state index contributed by atoms with van der Waals surface area (Å²) in [4.78, 5) is 36.0. The van der Waals surface area contributed by atoms with Crippen molar-refractivity contribution >= 4 is 34.6 Å². The van der Waals surface area contributed by atoms with Crippen molar-refractivity contribution in [2.75, 3.05) is 30.9 Å². The number of anilines is 3. The average Bonchev–Trinajstić information content (AvgIpc) is 3.04. The molecule has 37 heavy (non-hydrogen) atoms. The van der Waals surface area contributed by atoms with Crippen LogP contribution in [0.15, 0.2) is 54.6 Å². The molecular weight excluding hydrogens is 476 g/mol. The second-order valence-electron chi connectivity index (χ2n) is 8.67. The van der Waals surface area contributed by atoms with Crippen LogP contribution in [0.25, 0.3) is 11.1 Å². The van der Waals surface area contributed by atoms with E-state index in [0.29, 0.717) is 28.2 Å². The van der Waals surface area contributed by atoms with Gasteiger partial charge in [-0.15, -0.1) is 0 Å². The summed E-state index contributed by atoms with van der Waals surface area (Å²) in [6, 6.07) is 15.6. The van der Waals surface area contributed by atoms with E-state index in [0.717, 1.165) is 17.5 Å². The number of ether oxygens (including phenoxy) is 1. The molecule has 0 saturated carbocycles. The van der Waals surface area contributed by atoms with Crippen molar-refractivity contribution in [2.24, 2.45) is 0 Å². The van der Waals surface area contributed by atoms with Gasteiger partial charge < -0.3 is 25.8 Å². The molecule has 0 aromatic heterocycles. The highest BCUT2D eigenvalue weighted by Crippen LogP contribution is 2.38. The SMILES string of the molecule is CCC(CC(=O)NCCO)c1ccc2c(c1)NC(=O)c1ccc(-c3ccc([N+](=O)[O-])c(OC)c3)cc1N2. The van der Waals surface area contributed by atoms with Crippen molar-refractivity contribution in [1.82, 2.24) is 5.32 Å². The molecule has 2 amide bonds. The van der Waals surface area contributed by atoms with Crippen molar-refractivity contribution in [2.45, 2.75) is 25.7 Å². The van der Waals surface area contributed by atoms with Gasteiger partial charge in [-0.25, -0.2) is 0 Å². The second-order valence-corrected chi connectivity index (χ2v) is 8.67. The Balaban J connectivity index is 1.63. The minimum Gasteiger partial charge on any atom is -0.490 e. The van der Waals surface area contributed by atoms with Gasteiger partial charge in [-0.2, -0.15) is 0 Å². The van der Waals surface area contributed by atoms with Gasteiger partial charge in [0.15, 0.2) is 5.75 Å². The molecule has 1 aliphatic rings. The first kappa shape index (κ1) is 25.6. The van der Waals surface area contributed by atoms with Crippen molar-refractivity contribution in [3.05, 3.63) is 75.8 Å². The van der Waals surface area contributed by atoms with Crippen molar-refractivity contribution < 1.29 is 24.4 Å². The summed E-state index contributed by atoms with van der Waals surface area (Å²) in [7, 11) is 1.38. The predicted molar refractivity (Wildman–Crippen MR) is 141 cm³/mol. The minimum atomic E-state index is -0.499. The first-order valence-corrected chi connectivity index (χ1v) is 11.9. The Hall–Kier alpha value is -4.44. The second kappa shape index (κ2) is 11.1. The van der Waals surface area contributed by atoms with E-state index >= 15 is 0 Å². The predicted octanol–water partition coefficient (Wildman–Crippen LogP) is 4.57. The van der Waals surface area contributed by atoms with E-state index in [1.54, 1.807) is 24.3 Å². The summed E-state index contributed by atoms with van der Waals surface area (Å²) in [5, 5.41) is 29.1. The lowest BCUT2D eigenvalue weighted by Crippen LogP contribution is -2.27. The highest BCUT2D eigenvalue weighted by atomic mass is 16.6. The number of benzene rings is 3. The highest BCUT2D eigenvalue weighted by Gasteiger charge is 2.23. The Labute approximate surface area is 213 Å².